The first-order valence-corrected chi connectivity index (χ1v) is 7.82. The molecule has 2 aliphatic heterocycles. The number of likely N-dealkylation sites (tertiary alicyclic amines) is 1. The molecule has 2 saturated heterocycles. The number of imidazole rings is 1. The van der Waals surface area contributed by atoms with Crippen LogP contribution < -0.4 is 5.32 Å². The third kappa shape index (κ3) is 3.00. The molecule has 0 spiro atoms. The molecule has 2 atom stereocenters. The van der Waals surface area contributed by atoms with Crippen molar-refractivity contribution in [3.8, 4) is 0 Å². The number of rotatable bonds is 4. The van der Waals surface area contributed by atoms with Gasteiger partial charge >= 0.3 is 0 Å². The standard InChI is InChI=1S/C15H26N4/c1-13(11-18-8-3-2-4-9-18)19-12-16-10-15(19)14-6-5-7-17-14/h10,12-14,17H,2-9,11H2,1H3. The van der Waals surface area contributed by atoms with E-state index in [1.54, 1.807) is 0 Å². The minimum atomic E-state index is 0.520. The number of nitrogens with zero attached hydrogens (tertiary/aromatic N) is 3. The summed E-state index contributed by atoms with van der Waals surface area (Å²) in [6.07, 6.45) is 10.8. The van der Waals surface area contributed by atoms with Crippen LogP contribution >= 0.6 is 0 Å². The van der Waals surface area contributed by atoms with Crippen molar-refractivity contribution in [3.63, 3.8) is 0 Å². The van der Waals surface area contributed by atoms with Crippen LogP contribution in [0.1, 0.15) is 56.8 Å². The number of hydrogen-bond donors (Lipinski definition) is 1. The number of nitrogens with one attached hydrogen (secondary N) is 1. The maximum Gasteiger partial charge on any atom is 0.0951 e. The van der Waals surface area contributed by atoms with Crippen LogP contribution in [0.5, 0.6) is 0 Å². The molecule has 2 unspecified atom stereocenters. The molecule has 0 saturated carbocycles. The second kappa shape index (κ2) is 6.06. The lowest BCUT2D eigenvalue weighted by molar-refractivity contribution is 0.200. The highest BCUT2D eigenvalue weighted by Crippen LogP contribution is 2.25. The van der Waals surface area contributed by atoms with E-state index < -0.39 is 0 Å². The van der Waals surface area contributed by atoms with E-state index in [0.29, 0.717) is 12.1 Å². The molecule has 0 amide bonds. The van der Waals surface area contributed by atoms with Crippen molar-refractivity contribution in [1.82, 2.24) is 19.8 Å². The highest BCUT2D eigenvalue weighted by Gasteiger charge is 2.22. The molecule has 2 aliphatic rings. The average Bonchev–Trinajstić information content (AvgIpc) is 3.10. The summed E-state index contributed by atoms with van der Waals surface area (Å²) in [6.45, 7) is 7.19. The van der Waals surface area contributed by atoms with E-state index in [9.17, 15) is 0 Å². The largest absolute Gasteiger partial charge is 0.329 e. The number of hydrogen-bond acceptors (Lipinski definition) is 3. The van der Waals surface area contributed by atoms with Gasteiger partial charge in [-0.25, -0.2) is 4.98 Å². The Morgan fingerprint density at radius 2 is 2.16 bits per heavy atom. The Kier molecular flexibility index (Phi) is 4.18. The van der Waals surface area contributed by atoms with Crippen molar-refractivity contribution in [1.29, 1.82) is 0 Å². The van der Waals surface area contributed by atoms with Crippen LogP contribution in [-0.4, -0.2) is 40.6 Å². The minimum Gasteiger partial charge on any atom is -0.329 e. The zero-order chi connectivity index (χ0) is 13.1. The van der Waals surface area contributed by atoms with Crippen LogP contribution in [0.3, 0.4) is 0 Å². The predicted octanol–water partition coefficient (Wildman–Crippen LogP) is 2.35. The Bertz CT molecular complexity index is 389. The summed E-state index contributed by atoms with van der Waals surface area (Å²) in [5.74, 6) is 0. The fraction of sp³-hybridized carbons (Fsp3) is 0.800. The summed E-state index contributed by atoms with van der Waals surface area (Å²) in [7, 11) is 0. The van der Waals surface area contributed by atoms with E-state index in [-0.39, 0.29) is 0 Å². The SMILES string of the molecule is CC(CN1CCCCC1)n1cncc1C1CCCN1. The lowest BCUT2D eigenvalue weighted by Gasteiger charge is -2.30. The van der Waals surface area contributed by atoms with Crippen LogP contribution in [0.15, 0.2) is 12.5 Å². The van der Waals surface area contributed by atoms with Gasteiger partial charge in [-0.15, -0.1) is 0 Å². The van der Waals surface area contributed by atoms with Gasteiger partial charge in [-0.2, -0.15) is 0 Å². The third-order valence-electron chi connectivity index (χ3n) is 4.56. The van der Waals surface area contributed by atoms with E-state index in [0.717, 1.165) is 13.1 Å². The lowest BCUT2D eigenvalue weighted by Crippen LogP contribution is -2.34. The molecule has 1 N–H and O–H groups in total. The highest BCUT2D eigenvalue weighted by molar-refractivity contribution is 5.08. The topological polar surface area (TPSA) is 33.1 Å². The summed E-state index contributed by atoms with van der Waals surface area (Å²) in [6, 6.07) is 1.05. The maximum atomic E-state index is 4.39. The molecule has 0 radical (unpaired) electrons. The monoisotopic (exact) mass is 262 g/mol. The summed E-state index contributed by atoms with van der Waals surface area (Å²) in [5, 5.41) is 3.58. The lowest BCUT2D eigenvalue weighted by atomic mass is 10.1. The molecule has 19 heavy (non-hydrogen) atoms. The highest BCUT2D eigenvalue weighted by atomic mass is 15.2. The molecule has 0 aromatic carbocycles. The number of aromatic nitrogens is 2. The molecule has 1 aromatic rings. The molecule has 106 valence electrons. The number of piperidine rings is 1. The smallest absolute Gasteiger partial charge is 0.0951 e. The van der Waals surface area contributed by atoms with Crippen LogP contribution in [0.2, 0.25) is 0 Å². The van der Waals surface area contributed by atoms with Gasteiger partial charge in [0.1, 0.15) is 0 Å². The van der Waals surface area contributed by atoms with Crippen molar-refractivity contribution in [3.05, 3.63) is 18.2 Å². The van der Waals surface area contributed by atoms with Gasteiger partial charge in [-0.1, -0.05) is 6.42 Å². The Morgan fingerprint density at radius 3 is 2.89 bits per heavy atom. The summed E-state index contributed by atoms with van der Waals surface area (Å²) in [5.41, 5.74) is 1.38. The van der Waals surface area contributed by atoms with Gasteiger partial charge in [-0.05, 0) is 52.2 Å². The van der Waals surface area contributed by atoms with Gasteiger partial charge in [0.15, 0.2) is 0 Å². The van der Waals surface area contributed by atoms with Crippen molar-refractivity contribution in [2.45, 2.75) is 51.1 Å². The first-order valence-electron chi connectivity index (χ1n) is 7.82. The van der Waals surface area contributed by atoms with E-state index in [1.165, 1.54) is 50.9 Å². The molecule has 1 aromatic heterocycles. The van der Waals surface area contributed by atoms with Crippen molar-refractivity contribution < 1.29 is 0 Å². The van der Waals surface area contributed by atoms with Gasteiger partial charge < -0.3 is 14.8 Å². The fourth-order valence-electron chi connectivity index (χ4n) is 3.49. The Hall–Kier alpha value is -0.870. The van der Waals surface area contributed by atoms with Gasteiger partial charge in [0.25, 0.3) is 0 Å². The van der Waals surface area contributed by atoms with E-state index >= 15 is 0 Å². The first kappa shape index (κ1) is 13.1. The van der Waals surface area contributed by atoms with Crippen LogP contribution in [0.25, 0.3) is 0 Å². The predicted molar refractivity (Wildman–Crippen MR) is 77.2 cm³/mol. The molecule has 0 bridgehead atoms. The second-order valence-corrected chi connectivity index (χ2v) is 6.09. The molecule has 4 nitrogen and oxygen atoms in total. The Labute approximate surface area is 116 Å². The molecule has 3 heterocycles. The normalized spacial score (nSPS) is 26.7. The van der Waals surface area contributed by atoms with Crippen LogP contribution in [-0.2, 0) is 0 Å². The summed E-state index contributed by atoms with van der Waals surface area (Å²) >= 11 is 0. The Morgan fingerprint density at radius 1 is 1.32 bits per heavy atom. The fourth-order valence-corrected chi connectivity index (χ4v) is 3.49. The van der Waals surface area contributed by atoms with Crippen LogP contribution in [0.4, 0.5) is 0 Å². The van der Waals surface area contributed by atoms with Gasteiger partial charge in [0, 0.05) is 24.8 Å². The zero-order valence-electron chi connectivity index (χ0n) is 12.0. The third-order valence-corrected chi connectivity index (χ3v) is 4.56. The zero-order valence-corrected chi connectivity index (χ0v) is 12.0. The molecule has 3 rings (SSSR count). The van der Waals surface area contributed by atoms with Crippen molar-refractivity contribution >= 4 is 0 Å². The molecule has 4 heteroatoms. The van der Waals surface area contributed by atoms with Gasteiger partial charge in [0.2, 0.25) is 0 Å². The minimum absolute atomic E-state index is 0.520. The first-order chi connectivity index (χ1) is 9.34. The summed E-state index contributed by atoms with van der Waals surface area (Å²) in [4.78, 5) is 7.00. The Balaban J connectivity index is 1.65. The van der Waals surface area contributed by atoms with E-state index in [2.05, 4.69) is 32.9 Å². The molecular formula is C15H26N4. The van der Waals surface area contributed by atoms with Crippen LogP contribution in [0, 0.1) is 0 Å². The average molecular weight is 262 g/mol. The van der Waals surface area contributed by atoms with E-state index in [4.69, 9.17) is 0 Å². The van der Waals surface area contributed by atoms with Gasteiger partial charge in [0.05, 0.1) is 12.0 Å². The van der Waals surface area contributed by atoms with Crippen molar-refractivity contribution in [2.75, 3.05) is 26.2 Å². The molecule has 2 fully saturated rings. The van der Waals surface area contributed by atoms with Crippen molar-refractivity contribution in [2.24, 2.45) is 0 Å². The summed E-state index contributed by atoms with van der Waals surface area (Å²) < 4.78 is 2.39. The quantitative estimate of drug-likeness (QED) is 0.904. The van der Waals surface area contributed by atoms with E-state index in [1.807, 2.05) is 6.33 Å². The molecule has 0 aliphatic carbocycles. The maximum absolute atomic E-state index is 4.39. The molecular weight excluding hydrogens is 236 g/mol. The van der Waals surface area contributed by atoms with Gasteiger partial charge in [-0.3, -0.25) is 0 Å². The second-order valence-electron chi connectivity index (χ2n) is 6.09.